The molecule has 0 radical (unpaired) electrons. The van der Waals surface area contributed by atoms with Crippen molar-refractivity contribution in [2.24, 2.45) is 0 Å². The third-order valence-electron chi connectivity index (χ3n) is 3.34. The zero-order chi connectivity index (χ0) is 15.3. The molecule has 2 N–H and O–H groups in total. The monoisotopic (exact) mass is 302 g/mol. The van der Waals surface area contributed by atoms with Gasteiger partial charge >= 0.3 is 0 Å². The first-order chi connectivity index (χ1) is 9.97. The summed E-state index contributed by atoms with van der Waals surface area (Å²) in [6, 6.07) is 12.0. The lowest BCUT2D eigenvalue weighted by Crippen LogP contribution is -2.37. The van der Waals surface area contributed by atoms with E-state index < -0.39 is 0 Å². The maximum atomic E-state index is 11.9. The van der Waals surface area contributed by atoms with Gasteiger partial charge in [-0.2, -0.15) is 0 Å². The van der Waals surface area contributed by atoms with Gasteiger partial charge in [0.2, 0.25) is 5.91 Å². The lowest BCUT2D eigenvalue weighted by atomic mass is 9.91. The van der Waals surface area contributed by atoms with E-state index >= 15 is 0 Å². The number of hydrogen-bond donors (Lipinski definition) is 2. The molecule has 0 unspecified atom stereocenters. The van der Waals surface area contributed by atoms with Gasteiger partial charge in [0.15, 0.2) is 0 Å². The summed E-state index contributed by atoms with van der Waals surface area (Å²) in [4.78, 5) is 13.3. The van der Waals surface area contributed by atoms with Crippen molar-refractivity contribution in [3.8, 4) is 0 Å². The van der Waals surface area contributed by atoms with Crippen molar-refractivity contribution in [3.05, 3.63) is 52.2 Å². The summed E-state index contributed by atoms with van der Waals surface area (Å²) < 4.78 is 0. The molecule has 0 bridgehead atoms. The van der Waals surface area contributed by atoms with Crippen LogP contribution in [0.15, 0.2) is 41.8 Å². The van der Waals surface area contributed by atoms with Gasteiger partial charge in [0.05, 0.1) is 6.54 Å². The number of rotatable bonds is 6. The van der Waals surface area contributed by atoms with Crippen LogP contribution in [0.3, 0.4) is 0 Å². The lowest BCUT2D eigenvalue weighted by Gasteiger charge is -2.23. The smallest absolute Gasteiger partial charge is 0.238 e. The first kappa shape index (κ1) is 15.7. The van der Waals surface area contributed by atoms with Crippen LogP contribution in [-0.4, -0.2) is 19.0 Å². The maximum absolute atomic E-state index is 11.9. The second-order valence-electron chi connectivity index (χ2n) is 5.88. The van der Waals surface area contributed by atoms with Crippen molar-refractivity contribution in [2.75, 3.05) is 18.4 Å². The van der Waals surface area contributed by atoms with Gasteiger partial charge in [-0.15, -0.1) is 11.3 Å². The summed E-state index contributed by atoms with van der Waals surface area (Å²) in [5, 5.41) is 8.23. The molecule has 1 amide bonds. The molecule has 0 saturated carbocycles. The standard InChI is InChI=1S/C17H22N2OS/c1-13-6-4-7-14(10-13)19-16(20)11-18-12-17(2,3)15-8-5-9-21-15/h4-10,18H,11-12H2,1-3H3,(H,19,20). The normalized spacial score (nSPS) is 11.4. The molecule has 3 nitrogen and oxygen atoms in total. The van der Waals surface area contributed by atoms with E-state index in [4.69, 9.17) is 0 Å². The zero-order valence-corrected chi connectivity index (χ0v) is 13.6. The minimum Gasteiger partial charge on any atom is -0.325 e. The Balaban J connectivity index is 1.79. The summed E-state index contributed by atoms with van der Waals surface area (Å²) in [7, 11) is 0. The van der Waals surface area contributed by atoms with Crippen LogP contribution < -0.4 is 10.6 Å². The molecule has 0 aliphatic rings. The highest BCUT2D eigenvalue weighted by molar-refractivity contribution is 7.10. The largest absolute Gasteiger partial charge is 0.325 e. The van der Waals surface area contributed by atoms with Crippen LogP contribution in [0.4, 0.5) is 5.69 Å². The Kier molecular flexibility index (Phi) is 5.15. The molecule has 1 heterocycles. The Morgan fingerprint density at radius 1 is 1.24 bits per heavy atom. The molecule has 112 valence electrons. The number of anilines is 1. The van der Waals surface area contributed by atoms with Crippen LogP contribution in [0.2, 0.25) is 0 Å². The summed E-state index contributed by atoms with van der Waals surface area (Å²) in [6.45, 7) is 7.48. The van der Waals surface area contributed by atoms with Crippen molar-refractivity contribution in [1.82, 2.24) is 5.32 Å². The molecule has 0 saturated heterocycles. The Morgan fingerprint density at radius 2 is 2.05 bits per heavy atom. The van der Waals surface area contributed by atoms with Gasteiger partial charge in [-0.1, -0.05) is 32.0 Å². The minimum absolute atomic E-state index is 0.0115. The Bertz CT molecular complexity index is 591. The molecular weight excluding hydrogens is 280 g/mol. The van der Waals surface area contributed by atoms with E-state index in [1.807, 2.05) is 31.2 Å². The fraction of sp³-hybridized carbons (Fsp3) is 0.353. The molecule has 2 aromatic rings. The highest BCUT2D eigenvalue weighted by Crippen LogP contribution is 2.26. The van der Waals surface area contributed by atoms with Crippen LogP contribution in [0.1, 0.15) is 24.3 Å². The molecule has 21 heavy (non-hydrogen) atoms. The molecule has 4 heteroatoms. The van der Waals surface area contributed by atoms with E-state index in [-0.39, 0.29) is 11.3 Å². The quantitative estimate of drug-likeness (QED) is 0.856. The highest BCUT2D eigenvalue weighted by Gasteiger charge is 2.21. The maximum Gasteiger partial charge on any atom is 0.238 e. The average Bonchev–Trinajstić information content (AvgIpc) is 2.93. The van der Waals surface area contributed by atoms with E-state index in [0.717, 1.165) is 17.8 Å². The number of amides is 1. The fourth-order valence-electron chi connectivity index (χ4n) is 2.17. The minimum atomic E-state index is -0.0115. The predicted molar refractivity (Wildman–Crippen MR) is 90.0 cm³/mol. The first-order valence-corrected chi connectivity index (χ1v) is 7.96. The topological polar surface area (TPSA) is 41.1 Å². The number of carbonyl (C=O) groups excluding carboxylic acids is 1. The third-order valence-corrected chi connectivity index (χ3v) is 4.58. The van der Waals surface area contributed by atoms with Gasteiger partial charge in [0, 0.05) is 22.5 Å². The molecule has 1 aromatic heterocycles. The predicted octanol–water partition coefficient (Wildman–Crippen LogP) is 3.56. The molecule has 2 rings (SSSR count). The lowest BCUT2D eigenvalue weighted by molar-refractivity contribution is -0.115. The molecule has 0 aliphatic carbocycles. The number of benzene rings is 1. The van der Waals surface area contributed by atoms with Crippen LogP contribution in [0.5, 0.6) is 0 Å². The highest BCUT2D eigenvalue weighted by atomic mass is 32.1. The van der Waals surface area contributed by atoms with E-state index in [2.05, 4.69) is 42.0 Å². The summed E-state index contributed by atoms with van der Waals surface area (Å²) in [5.41, 5.74) is 2.02. The summed E-state index contributed by atoms with van der Waals surface area (Å²) in [6.07, 6.45) is 0. The second kappa shape index (κ2) is 6.87. The van der Waals surface area contributed by atoms with E-state index in [1.165, 1.54) is 4.88 Å². The van der Waals surface area contributed by atoms with Crippen molar-refractivity contribution >= 4 is 22.9 Å². The number of carbonyl (C=O) groups is 1. The van der Waals surface area contributed by atoms with E-state index in [0.29, 0.717) is 6.54 Å². The van der Waals surface area contributed by atoms with Gasteiger partial charge in [-0.05, 0) is 36.1 Å². The van der Waals surface area contributed by atoms with Crippen LogP contribution >= 0.6 is 11.3 Å². The zero-order valence-electron chi connectivity index (χ0n) is 12.8. The van der Waals surface area contributed by atoms with Crippen molar-refractivity contribution in [2.45, 2.75) is 26.2 Å². The van der Waals surface area contributed by atoms with E-state index in [9.17, 15) is 4.79 Å². The van der Waals surface area contributed by atoms with Crippen molar-refractivity contribution in [3.63, 3.8) is 0 Å². The van der Waals surface area contributed by atoms with Gasteiger partial charge in [-0.25, -0.2) is 0 Å². The van der Waals surface area contributed by atoms with Gasteiger partial charge < -0.3 is 10.6 Å². The molecule has 1 aromatic carbocycles. The summed E-state index contributed by atoms with van der Waals surface area (Å²) >= 11 is 1.75. The first-order valence-electron chi connectivity index (χ1n) is 7.08. The van der Waals surface area contributed by atoms with Crippen molar-refractivity contribution in [1.29, 1.82) is 0 Å². The second-order valence-corrected chi connectivity index (χ2v) is 6.83. The van der Waals surface area contributed by atoms with Crippen molar-refractivity contribution < 1.29 is 4.79 Å². The molecule has 0 aliphatic heterocycles. The fourth-order valence-corrected chi connectivity index (χ4v) is 3.02. The molecule has 0 spiro atoms. The van der Waals surface area contributed by atoms with Crippen LogP contribution in [0, 0.1) is 6.92 Å². The van der Waals surface area contributed by atoms with Gasteiger partial charge in [-0.3, -0.25) is 4.79 Å². The average molecular weight is 302 g/mol. The molecule has 0 atom stereocenters. The third kappa shape index (κ3) is 4.69. The van der Waals surface area contributed by atoms with Crippen LogP contribution in [0.25, 0.3) is 0 Å². The van der Waals surface area contributed by atoms with Gasteiger partial charge in [0.25, 0.3) is 0 Å². The molecular formula is C17H22N2OS. The Hall–Kier alpha value is -1.65. The van der Waals surface area contributed by atoms with E-state index in [1.54, 1.807) is 11.3 Å². The number of thiophene rings is 1. The molecule has 0 fully saturated rings. The summed E-state index contributed by atoms with van der Waals surface area (Å²) in [5.74, 6) is -0.0115. The SMILES string of the molecule is Cc1cccc(NC(=O)CNCC(C)(C)c2cccs2)c1. The number of aryl methyl sites for hydroxylation is 1. The Morgan fingerprint density at radius 3 is 2.71 bits per heavy atom. The Labute approximate surface area is 130 Å². The van der Waals surface area contributed by atoms with Gasteiger partial charge in [0.1, 0.15) is 0 Å². The number of nitrogens with one attached hydrogen (secondary N) is 2. The number of hydrogen-bond acceptors (Lipinski definition) is 3. The van der Waals surface area contributed by atoms with Crippen LogP contribution in [-0.2, 0) is 10.2 Å².